The van der Waals surface area contributed by atoms with Gasteiger partial charge >= 0.3 is 0 Å². The maximum absolute atomic E-state index is 9.06. The minimum absolute atomic E-state index is 0.146. The first kappa shape index (κ1) is 4.62. The van der Waals surface area contributed by atoms with E-state index in [1.807, 2.05) is 0 Å². The third-order valence-electron chi connectivity index (χ3n) is 1.50. The number of ether oxygens (including phenoxy) is 2. The van der Waals surface area contributed by atoms with Gasteiger partial charge in [-0.15, -0.1) is 0 Å². The van der Waals surface area contributed by atoms with Gasteiger partial charge in [-0.3, -0.25) is 0 Å². The minimum atomic E-state index is -2.33. The summed E-state index contributed by atoms with van der Waals surface area (Å²) < 4.78 is 24.2. The monoisotopic (exact) mass is 154 g/mol. The van der Waals surface area contributed by atoms with E-state index < -0.39 is 6.56 Å². The molecule has 1 aromatic rings. The van der Waals surface area contributed by atoms with Crippen molar-refractivity contribution in [2.45, 2.75) is 6.56 Å². The number of hydrogen-bond acceptors (Lipinski definition) is 3. The van der Waals surface area contributed by atoms with Crippen molar-refractivity contribution >= 4 is 0 Å². The molecule has 0 saturated heterocycles. The lowest BCUT2D eigenvalue weighted by molar-refractivity contribution is 0.174. The van der Waals surface area contributed by atoms with Crippen molar-refractivity contribution in [3.63, 3.8) is 0 Å². The molecule has 0 fully saturated rings. The molecule has 11 heavy (non-hydrogen) atoms. The smallest absolute Gasteiger partial charge is 0.231 e. The van der Waals surface area contributed by atoms with Crippen molar-refractivity contribution in [1.82, 2.24) is 0 Å². The van der Waals surface area contributed by atoms with E-state index in [1.165, 1.54) is 12.1 Å². The van der Waals surface area contributed by atoms with Gasteiger partial charge in [-0.1, -0.05) is 6.07 Å². The molecule has 3 heteroatoms. The van der Waals surface area contributed by atoms with Crippen LogP contribution in [0.1, 0.15) is 8.30 Å². The molecule has 0 amide bonds. The van der Waals surface area contributed by atoms with Crippen LogP contribution < -0.4 is 9.47 Å². The largest absolute Gasteiger partial charge is 0.454 e. The maximum Gasteiger partial charge on any atom is 0.231 e. The van der Waals surface area contributed by atoms with Crippen molar-refractivity contribution in [2.24, 2.45) is 0 Å². The molecule has 0 unspecified atom stereocenters. The maximum atomic E-state index is 9.06. The molecular formula is C8H8O3. The Morgan fingerprint density at radius 3 is 3.09 bits per heavy atom. The number of aliphatic hydroxyl groups is 1. The Morgan fingerprint density at radius 2 is 2.27 bits per heavy atom. The summed E-state index contributed by atoms with van der Waals surface area (Å²) in [6.07, 6.45) is 0. The summed E-state index contributed by atoms with van der Waals surface area (Å²) in [7, 11) is 0. The van der Waals surface area contributed by atoms with E-state index in [-0.39, 0.29) is 12.4 Å². The quantitative estimate of drug-likeness (QED) is 0.653. The highest BCUT2D eigenvalue weighted by atomic mass is 16.7. The second kappa shape index (κ2) is 2.43. The summed E-state index contributed by atoms with van der Waals surface area (Å²) in [5.74, 6) is 1.04. The van der Waals surface area contributed by atoms with E-state index in [2.05, 4.69) is 0 Å². The molecule has 0 aromatic heterocycles. The highest BCUT2D eigenvalue weighted by molar-refractivity contribution is 5.44. The lowest BCUT2D eigenvalue weighted by Crippen LogP contribution is -1.92. The highest BCUT2D eigenvalue weighted by Gasteiger charge is 2.12. The molecule has 0 spiro atoms. The molecule has 0 saturated carbocycles. The predicted octanol–water partition coefficient (Wildman–Crippen LogP) is 0.908. The zero-order valence-corrected chi connectivity index (χ0v) is 5.70. The fourth-order valence-electron chi connectivity index (χ4n) is 0.966. The minimum Gasteiger partial charge on any atom is -0.454 e. The van der Waals surface area contributed by atoms with Crippen LogP contribution in [0.4, 0.5) is 0 Å². The van der Waals surface area contributed by atoms with Crippen LogP contribution in [0.3, 0.4) is 0 Å². The van der Waals surface area contributed by atoms with Gasteiger partial charge < -0.3 is 14.6 Å². The van der Waals surface area contributed by atoms with E-state index >= 15 is 0 Å². The molecule has 3 nitrogen and oxygen atoms in total. The summed E-state index contributed by atoms with van der Waals surface area (Å²) in [5, 5.41) is 9.06. The Kier molecular flexibility index (Phi) is 1.02. The number of hydrogen-bond donors (Lipinski definition) is 1. The zero-order valence-electron chi connectivity index (χ0n) is 7.70. The number of rotatable bonds is 1. The van der Waals surface area contributed by atoms with Gasteiger partial charge in [0.15, 0.2) is 11.5 Å². The van der Waals surface area contributed by atoms with Gasteiger partial charge in [0, 0.05) is 0 Å². The Hall–Kier alpha value is -1.22. The Balaban J connectivity index is 2.42. The standard InChI is InChI=1S/C8H8O3/c9-4-6-1-2-7-8(3-6)11-5-10-7/h1-3,9H,4-5H2/i4D2. The summed E-state index contributed by atoms with van der Waals surface area (Å²) in [4.78, 5) is 0. The van der Waals surface area contributed by atoms with Gasteiger partial charge in [-0.05, 0) is 17.7 Å². The van der Waals surface area contributed by atoms with Crippen molar-refractivity contribution in [1.29, 1.82) is 0 Å². The van der Waals surface area contributed by atoms with Crippen molar-refractivity contribution < 1.29 is 17.3 Å². The molecule has 0 atom stereocenters. The zero-order chi connectivity index (χ0) is 9.47. The van der Waals surface area contributed by atoms with Gasteiger partial charge in [0.05, 0.1) is 9.30 Å². The van der Waals surface area contributed by atoms with E-state index in [1.54, 1.807) is 6.07 Å². The molecule has 1 aliphatic heterocycles. The van der Waals surface area contributed by atoms with Gasteiger partial charge in [-0.25, -0.2) is 0 Å². The Morgan fingerprint density at radius 1 is 1.45 bits per heavy atom. The normalized spacial score (nSPS) is 17.5. The average molecular weight is 154 g/mol. The molecule has 0 bridgehead atoms. The SMILES string of the molecule is [2H]C([2H])(O)c1ccc2c(c1)OCO2. The number of fused-ring (bicyclic) bond motifs is 1. The van der Waals surface area contributed by atoms with Crippen molar-refractivity contribution in [2.75, 3.05) is 6.79 Å². The summed E-state index contributed by atoms with van der Waals surface area (Å²) in [6.45, 7) is -2.19. The van der Waals surface area contributed by atoms with Crippen LogP contribution in [0, 0.1) is 0 Å². The summed E-state index contributed by atoms with van der Waals surface area (Å²) >= 11 is 0. The molecule has 1 aliphatic rings. The van der Waals surface area contributed by atoms with Crippen LogP contribution in [-0.2, 0) is 6.56 Å². The lowest BCUT2D eigenvalue weighted by atomic mass is 10.2. The molecular weight excluding hydrogens is 144 g/mol. The second-order valence-electron chi connectivity index (χ2n) is 2.18. The molecule has 58 valence electrons. The van der Waals surface area contributed by atoms with Gasteiger partial charge in [-0.2, -0.15) is 0 Å². The summed E-state index contributed by atoms with van der Waals surface area (Å²) in [5.41, 5.74) is 0.164. The van der Waals surface area contributed by atoms with E-state index in [4.69, 9.17) is 17.3 Å². The van der Waals surface area contributed by atoms with Crippen LogP contribution in [0.25, 0.3) is 0 Å². The fourth-order valence-corrected chi connectivity index (χ4v) is 0.966. The van der Waals surface area contributed by atoms with Crippen LogP contribution in [0.15, 0.2) is 18.2 Å². The van der Waals surface area contributed by atoms with Crippen LogP contribution in [-0.4, -0.2) is 11.9 Å². The van der Waals surface area contributed by atoms with E-state index in [0.29, 0.717) is 11.5 Å². The number of benzene rings is 1. The van der Waals surface area contributed by atoms with Gasteiger partial charge in [0.25, 0.3) is 0 Å². The molecule has 1 aromatic carbocycles. The summed E-state index contributed by atoms with van der Waals surface area (Å²) in [6, 6.07) is 4.47. The topological polar surface area (TPSA) is 38.7 Å². The second-order valence-corrected chi connectivity index (χ2v) is 2.18. The third kappa shape index (κ3) is 1.03. The van der Waals surface area contributed by atoms with Crippen molar-refractivity contribution in [3.8, 4) is 11.5 Å². The van der Waals surface area contributed by atoms with Crippen LogP contribution >= 0.6 is 0 Å². The third-order valence-corrected chi connectivity index (χ3v) is 1.50. The Bertz CT molecular complexity index is 333. The molecule has 0 radical (unpaired) electrons. The molecule has 1 heterocycles. The van der Waals surface area contributed by atoms with E-state index in [9.17, 15) is 0 Å². The molecule has 1 N–H and O–H groups in total. The van der Waals surface area contributed by atoms with E-state index in [0.717, 1.165) is 0 Å². The lowest BCUT2D eigenvalue weighted by Gasteiger charge is -1.97. The predicted molar refractivity (Wildman–Crippen MR) is 38.5 cm³/mol. The first-order valence-electron chi connectivity index (χ1n) is 4.20. The van der Waals surface area contributed by atoms with Crippen molar-refractivity contribution in [3.05, 3.63) is 23.8 Å². The highest BCUT2D eigenvalue weighted by Crippen LogP contribution is 2.32. The van der Waals surface area contributed by atoms with Gasteiger partial charge in [0.2, 0.25) is 6.79 Å². The average Bonchev–Trinajstić information content (AvgIpc) is 2.47. The fraction of sp³-hybridized carbons (Fsp3) is 0.250. The van der Waals surface area contributed by atoms with Crippen LogP contribution in [0.2, 0.25) is 0 Å². The van der Waals surface area contributed by atoms with Crippen LogP contribution in [0.5, 0.6) is 11.5 Å². The molecule has 0 aliphatic carbocycles. The van der Waals surface area contributed by atoms with Gasteiger partial charge in [0.1, 0.15) is 0 Å². The molecule has 2 rings (SSSR count). The Labute approximate surface area is 67.0 Å². The first-order valence-corrected chi connectivity index (χ1v) is 3.20. The first-order chi connectivity index (χ1) is 6.07.